The van der Waals surface area contributed by atoms with E-state index in [0.717, 1.165) is 27.6 Å². The second kappa shape index (κ2) is 5.23. The summed E-state index contributed by atoms with van der Waals surface area (Å²) in [5.41, 5.74) is 0.641. The normalized spacial score (nSPS) is 13.9. The molecule has 0 radical (unpaired) electrons. The third-order valence-electron chi connectivity index (χ3n) is 3.95. The number of hydrogen-bond donors (Lipinski definition) is 1. The summed E-state index contributed by atoms with van der Waals surface area (Å²) in [6, 6.07) is 21.7. The lowest BCUT2D eigenvalue weighted by Crippen LogP contribution is -2.23. The summed E-state index contributed by atoms with van der Waals surface area (Å²) in [4.78, 5) is 0. The fourth-order valence-corrected chi connectivity index (χ4v) is 2.73. The minimum absolute atomic E-state index is 0.744. The molecule has 0 amide bonds. The van der Waals surface area contributed by atoms with Gasteiger partial charge in [0.05, 0.1) is 7.11 Å². The van der Waals surface area contributed by atoms with Crippen LogP contribution in [0.4, 0.5) is 0 Å². The highest BCUT2D eigenvalue weighted by Crippen LogP contribution is 2.35. The van der Waals surface area contributed by atoms with Crippen LogP contribution in [-0.4, -0.2) is 12.2 Å². The molecule has 1 atom stereocenters. The highest BCUT2D eigenvalue weighted by molar-refractivity contribution is 5.86. The average molecular weight is 278 g/mol. The van der Waals surface area contributed by atoms with E-state index in [1.807, 2.05) is 61.5 Å². The van der Waals surface area contributed by atoms with Gasteiger partial charge in [0.25, 0.3) is 0 Å². The average Bonchev–Trinajstić information content (AvgIpc) is 2.54. The van der Waals surface area contributed by atoms with E-state index in [1.54, 1.807) is 7.11 Å². The lowest BCUT2D eigenvalue weighted by atomic mass is 9.85. The van der Waals surface area contributed by atoms with Crippen molar-refractivity contribution in [3.05, 3.63) is 77.9 Å². The summed E-state index contributed by atoms with van der Waals surface area (Å²) < 4.78 is 5.26. The van der Waals surface area contributed by atoms with Crippen molar-refractivity contribution in [2.45, 2.75) is 12.5 Å². The van der Waals surface area contributed by atoms with Crippen molar-refractivity contribution in [3.63, 3.8) is 0 Å². The van der Waals surface area contributed by atoms with Gasteiger partial charge < -0.3 is 9.84 Å². The van der Waals surface area contributed by atoms with Crippen LogP contribution in [0.5, 0.6) is 5.75 Å². The molecular formula is C19H18O2. The second-order valence-electron chi connectivity index (χ2n) is 5.33. The molecule has 2 heteroatoms. The molecule has 0 fully saturated rings. The first kappa shape index (κ1) is 13.7. The fourth-order valence-electron chi connectivity index (χ4n) is 2.73. The molecule has 3 rings (SSSR count). The molecule has 0 bridgehead atoms. The molecule has 0 heterocycles. The molecule has 1 N–H and O–H groups in total. The van der Waals surface area contributed by atoms with Crippen LogP contribution < -0.4 is 4.74 Å². The quantitative estimate of drug-likeness (QED) is 0.781. The van der Waals surface area contributed by atoms with Crippen molar-refractivity contribution < 1.29 is 9.84 Å². The predicted octanol–water partition coefficient (Wildman–Crippen LogP) is 4.10. The Balaban J connectivity index is 2.19. The van der Waals surface area contributed by atoms with Crippen molar-refractivity contribution in [1.82, 2.24) is 0 Å². The first-order chi connectivity index (χ1) is 10.1. The Hall–Kier alpha value is -2.32. The van der Waals surface area contributed by atoms with Crippen LogP contribution in [0.3, 0.4) is 0 Å². The molecular weight excluding hydrogens is 260 g/mol. The van der Waals surface area contributed by atoms with Crippen molar-refractivity contribution in [2.75, 3.05) is 7.11 Å². The van der Waals surface area contributed by atoms with Gasteiger partial charge in [-0.05, 0) is 41.0 Å². The predicted molar refractivity (Wildman–Crippen MR) is 85.6 cm³/mol. The summed E-state index contributed by atoms with van der Waals surface area (Å²) >= 11 is 0. The van der Waals surface area contributed by atoms with Crippen molar-refractivity contribution in [1.29, 1.82) is 0 Å². The molecule has 106 valence electrons. The molecule has 0 saturated heterocycles. The number of aliphatic hydroxyl groups is 1. The van der Waals surface area contributed by atoms with Gasteiger partial charge in [-0.3, -0.25) is 0 Å². The number of methoxy groups -OCH3 is 1. The Labute approximate surface area is 124 Å². The smallest absolute Gasteiger partial charge is 0.119 e. The second-order valence-corrected chi connectivity index (χ2v) is 5.33. The molecule has 21 heavy (non-hydrogen) atoms. The van der Waals surface area contributed by atoms with E-state index < -0.39 is 5.60 Å². The number of fused-ring (bicyclic) bond motifs is 1. The van der Waals surface area contributed by atoms with Crippen molar-refractivity contribution >= 4 is 10.8 Å². The Bertz CT molecular complexity index is 770. The lowest BCUT2D eigenvalue weighted by molar-refractivity contribution is 0.104. The number of hydrogen-bond acceptors (Lipinski definition) is 2. The first-order valence-electron chi connectivity index (χ1n) is 6.98. The highest BCUT2D eigenvalue weighted by atomic mass is 16.5. The summed E-state index contributed by atoms with van der Waals surface area (Å²) in [5.74, 6) is 0.744. The maximum Gasteiger partial charge on any atom is 0.119 e. The minimum atomic E-state index is -1.07. The summed E-state index contributed by atoms with van der Waals surface area (Å²) in [6.07, 6.45) is 0. The van der Waals surface area contributed by atoms with Crippen molar-refractivity contribution in [3.8, 4) is 5.75 Å². The molecule has 0 aliphatic rings. The van der Waals surface area contributed by atoms with E-state index in [0.29, 0.717) is 0 Å². The Kier molecular flexibility index (Phi) is 3.40. The van der Waals surface area contributed by atoms with E-state index >= 15 is 0 Å². The van der Waals surface area contributed by atoms with Crippen LogP contribution in [-0.2, 0) is 5.60 Å². The van der Waals surface area contributed by atoms with Gasteiger partial charge >= 0.3 is 0 Å². The van der Waals surface area contributed by atoms with Gasteiger partial charge in [0.2, 0.25) is 0 Å². The van der Waals surface area contributed by atoms with Gasteiger partial charge in [0.1, 0.15) is 11.4 Å². The Morgan fingerprint density at radius 3 is 2.43 bits per heavy atom. The molecule has 0 aliphatic heterocycles. The van der Waals surface area contributed by atoms with Crippen LogP contribution in [0, 0.1) is 0 Å². The van der Waals surface area contributed by atoms with Crippen LogP contribution in [0.2, 0.25) is 0 Å². The molecule has 0 saturated carbocycles. The summed E-state index contributed by atoms with van der Waals surface area (Å²) in [7, 11) is 1.63. The zero-order valence-electron chi connectivity index (χ0n) is 12.2. The SMILES string of the molecule is COc1cccc(C(C)(O)c2cccc3ccccc23)c1. The minimum Gasteiger partial charge on any atom is -0.497 e. The van der Waals surface area contributed by atoms with Crippen LogP contribution in [0.1, 0.15) is 18.1 Å². The molecule has 0 aromatic heterocycles. The molecule has 3 aromatic rings. The van der Waals surface area contributed by atoms with E-state index in [9.17, 15) is 5.11 Å². The largest absolute Gasteiger partial charge is 0.497 e. The third-order valence-corrected chi connectivity index (χ3v) is 3.95. The summed E-state index contributed by atoms with van der Waals surface area (Å²) in [6.45, 7) is 1.82. The summed E-state index contributed by atoms with van der Waals surface area (Å²) in [5, 5.41) is 13.3. The monoisotopic (exact) mass is 278 g/mol. The lowest BCUT2D eigenvalue weighted by Gasteiger charge is -2.26. The van der Waals surface area contributed by atoms with E-state index in [2.05, 4.69) is 12.1 Å². The van der Waals surface area contributed by atoms with E-state index in [1.165, 1.54) is 0 Å². The van der Waals surface area contributed by atoms with Gasteiger partial charge in [-0.15, -0.1) is 0 Å². The maximum atomic E-state index is 11.1. The van der Waals surface area contributed by atoms with Crippen LogP contribution >= 0.6 is 0 Å². The zero-order chi connectivity index (χ0) is 14.9. The molecule has 1 unspecified atom stereocenters. The van der Waals surface area contributed by atoms with Gasteiger partial charge in [-0.2, -0.15) is 0 Å². The first-order valence-corrected chi connectivity index (χ1v) is 6.98. The van der Waals surface area contributed by atoms with Gasteiger partial charge in [0.15, 0.2) is 0 Å². The Morgan fingerprint density at radius 1 is 0.905 bits per heavy atom. The van der Waals surface area contributed by atoms with Gasteiger partial charge in [-0.1, -0.05) is 54.6 Å². The highest BCUT2D eigenvalue weighted by Gasteiger charge is 2.27. The zero-order valence-corrected chi connectivity index (χ0v) is 12.2. The molecule has 0 aliphatic carbocycles. The van der Waals surface area contributed by atoms with E-state index in [-0.39, 0.29) is 0 Å². The number of ether oxygens (including phenoxy) is 1. The van der Waals surface area contributed by atoms with Gasteiger partial charge in [0, 0.05) is 0 Å². The van der Waals surface area contributed by atoms with Crippen LogP contribution in [0.15, 0.2) is 66.7 Å². The molecule has 0 spiro atoms. The standard InChI is InChI=1S/C19H18O2/c1-19(20,15-9-6-10-16(13-15)21-2)18-12-5-8-14-7-3-4-11-17(14)18/h3-13,20H,1-2H3. The number of benzene rings is 3. The van der Waals surface area contributed by atoms with E-state index in [4.69, 9.17) is 4.74 Å². The van der Waals surface area contributed by atoms with Gasteiger partial charge in [-0.25, -0.2) is 0 Å². The molecule has 2 nitrogen and oxygen atoms in total. The van der Waals surface area contributed by atoms with Crippen molar-refractivity contribution in [2.24, 2.45) is 0 Å². The maximum absolute atomic E-state index is 11.1. The topological polar surface area (TPSA) is 29.5 Å². The van der Waals surface area contributed by atoms with Crippen LogP contribution in [0.25, 0.3) is 10.8 Å². The number of rotatable bonds is 3. The fraction of sp³-hybridized carbons (Fsp3) is 0.158. The Morgan fingerprint density at radius 2 is 1.62 bits per heavy atom. The molecule has 3 aromatic carbocycles. The third kappa shape index (κ3) is 2.39.